The highest BCUT2D eigenvalue weighted by Gasteiger charge is 2.09. The Morgan fingerprint density at radius 2 is 0.705 bits per heavy atom. The minimum atomic E-state index is -0.159. The second-order valence-corrected chi connectivity index (χ2v) is 10.5. The quantitative estimate of drug-likeness (QED) is 0.112. The third kappa shape index (κ3) is 11.6. The summed E-state index contributed by atoms with van der Waals surface area (Å²) >= 11 is 0. The van der Waals surface area contributed by atoms with E-state index in [-0.39, 0.29) is 36.5 Å². The summed E-state index contributed by atoms with van der Waals surface area (Å²) in [6.07, 6.45) is 3.68. The molecule has 4 aromatic rings. The van der Waals surface area contributed by atoms with Crippen molar-refractivity contribution in [3.8, 4) is 0 Å². The number of carbonyl (C=O) groups is 4. The van der Waals surface area contributed by atoms with Crippen LogP contribution >= 0.6 is 0 Å². The number of aryl methyl sites for hydroxylation is 2. The Kier molecular flexibility index (Phi) is 12.3. The Balaban J connectivity index is 1.12. The predicted octanol–water partition coefficient (Wildman–Crippen LogP) is 6.97. The van der Waals surface area contributed by atoms with Crippen LogP contribution in [0.3, 0.4) is 0 Å². The number of anilines is 4. The van der Waals surface area contributed by atoms with Crippen LogP contribution < -0.4 is 21.3 Å². The molecule has 226 valence electrons. The Bertz CT molecular complexity index is 1420. The molecule has 0 atom stereocenters. The molecule has 4 rings (SSSR count). The van der Waals surface area contributed by atoms with E-state index in [4.69, 9.17) is 0 Å². The molecule has 0 unspecified atom stereocenters. The smallest absolute Gasteiger partial charge is 0.224 e. The van der Waals surface area contributed by atoms with Gasteiger partial charge in [-0.3, -0.25) is 19.2 Å². The average Bonchev–Trinajstić information content (AvgIpc) is 3.02. The van der Waals surface area contributed by atoms with Crippen molar-refractivity contribution in [1.29, 1.82) is 0 Å². The van der Waals surface area contributed by atoms with Crippen molar-refractivity contribution in [2.45, 2.75) is 51.4 Å². The van der Waals surface area contributed by atoms with Crippen molar-refractivity contribution < 1.29 is 19.2 Å². The maximum atomic E-state index is 12.5. The number of unbranched alkanes of at least 4 members (excludes halogenated alkanes) is 1. The SMILES string of the molecule is O=C(CCCCC(=O)Nc1cccc(NC(=O)CCc2ccccc2)c1)Nc1cccc(NC(=O)CCc2ccccc2)c1. The summed E-state index contributed by atoms with van der Waals surface area (Å²) in [5.41, 5.74) is 4.64. The van der Waals surface area contributed by atoms with Crippen LogP contribution in [0.1, 0.15) is 49.7 Å². The second kappa shape index (κ2) is 17.0. The van der Waals surface area contributed by atoms with Gasteiger partial charge in [-0.05, 0) is 73.2 Å². The Hall–Kier alpha value is -5.24. The van der Waals surface area contributed by atoms with E-state index in [1.807, 2.05) is 60.7 Å². The summed E-state index contributed by atoms with van der Waals surface area (Å²) in [6.45, 7) is 0. The van der Waals surface area contributed by atoms with Gasteiger partial charge >= 0.3 is 0 Å². The molecular weight excluding hydrogens is 552 g/mol. The van der Waals surface area contributed by atoms with Gasteiger partial charge in [0.15, 0.2) is 0 Å². The van der Waals surface area contributed by atoms with Crippen LogP contribution in [0.2, 0.25) is 0 Å². The van der Waals surface area contributed by atoms with Gasteiger partial charge in [-0.1, -0.05) is 72.8 Å². The van der Waals surface area contributed by atoms with Crippen LogP contribution in [-0.4, -0.2) is 23.6 Å². The van der Waals surface area contributed by atoms with Gasteiger partial charge in [-0.2, -0.15) is 0 Å². The number of carbonyl (C=O) groups excluding carboxylic acids is 4. The first-order valence-corrected chi connectivity index (χ1v) is 14.9. The number of nitrogens with one attached hydrogen (secondary N) is 4. The normalized spacial score (nSPS) is 10.5. The standard InChI is InChI=1S/C36H38N4O4/c41-33(37-29-15-9-17-31(25-29)39-35(43)23-21-27-11-3-1-4-12-27)19-7-8-20-34(42)38-30-16-10-18-32(26-30)40-36(44)24-22-28-13-5-2-6-14-28/h1-6,9-18,25-26H,7-8,19-24H2,(H,37,41)(H,38,42)(H,39,43)(H,40,44). The molecule has 0 fully saturated rings. The summed E-state index contributed by atoms with van der Waals surface area (Å²) in [6, 6.07) is 33.8. The third-order valence-corrected chi connectivity index (χ3v) is 6.88. The highest BCUT2D eigenvalue weighted by atomic mass is 16.2. The first-order chi connectivity index (χ1) is 21.4. The van der Waals surface area contributed by atoms with Gasteiger partial charge in [0.1, 0.15) is 0 Å². The fourth-order valence-corrected chi connectivity index (χ4v) is 4.62. The molecule has 0 spiro atoms. The van der Waals surface area contributed by atoms with E-state index in [1.54, 1.807) is 48.5 Å². The Morgan fingerprint density at radius 1 is 0.386 bits per heavy atom. The van der Waals surface area contributed by atoms with Gasteiger partial charge in [0, 0.05) is 48.4 Å². The number of hydrogen-bond acceptors (Lipinski definition) is 4. The number of rotatable bonds is 15. The lowest BCUT2D eigenvalue weighted by Gasteiger charge is -2.10. The van der Waals surface area contributed by atoms with Crippen LogP contribution in [-0.2, 0) is 32.0 Å². The molecule has 0 aliphatic carbocycles. The molecule has 0 radical (unpaired) electrons. The lowest BCUT2D eigenvalue weighted by Crippen LogP contribution is -2.15. The highest BCUT2D eigenvalue weighted by molar-refractivity contribution is 5.95. The average molecular weight is 591 g/mol. The lowest BCUT2D eigenvalue weighted by molar-refractivity contribution is -0.118. The lowest BCUT2D eigenvalue weighted by atomic mass is 10.1. The molecule has 4 N–H and O–H groups in total. The van der Waals surface area contributed by atoms with Crippen molar-refractivity contribution in [3.05, 3.63) is 120 Å². The van der Waals surface area contributed by atoms with Crippen LogP contribution in [0.4, 0.5) is 22.7 Å². The van der Waals surface area contributed by atoms with Crippen molar-refractivity contribution >= 4 is 46.4 Å². The summed E-state index contributed by atoms with van der Waals surface area (Å²) in [5, 5.41) is 11.5. The van der Waals surface area contributed by atoms with Crippen LogP contribution in [0.15, 0.2) is 109 Å². The zero-order valence-electron chi connectivity index (χ0n) is 24.7. The molecule has 44 heavy (non-hydrogen) atoms. The van der Waals surface area contributed by atoms with E-state index in [1.165, 1.54) is 0 Å². The van der Waals surface area contributed by atoms with E-state index in [2.05, 4.69) is 21.3 Å². The van der Waals surface area contributed by atoms with Gasteiger partial charge in [-0.25, -0.2) is 0 Å². The van der Waals surface area contributed by atoms with Crippen LogP contribution in [0.25, 0.3) is 0 Å². The van der Waals surface area contributed by atoms with E-state index in [0.717, 1.165) is 11.1 Å². The van der Waals surface area contributed by atoms with Crippen LogP contribution in [0, 0.1) is 0 Å². The maximum absolute atomic E-state index is 12.5. The Labute approximate surface area is 258 Å². The zero-order chi connectivity index (χ0) is 31.0. The fourth-order valence-electron chi connectivity index (χ4n) is 4.62. The molecule has 4 amide bonds. The number of benzene rings is 4. The monoisotopic (exact) mass is 590 g/mol. The van der Waals surface area contributed by atoms with Crippen molar-refractivity contribution in [2.24, 2.45) is 0 Å². The summed E-state index contributed by atoms with van der Waals surface area (Å²) in [4.78, 5) is 49.6. The molecule has 0 saturated heterocycles. The first-order valence-electron chi connectivity index (χ1n) is 14.9. The van der Waals surface area contributed by atoms with E-state index in [0.29, 0.717) is 61.3 Å². The predicted molar refractivity (Wildman–Crippen MR) is 175 cm³/mol. The second-order valence-electron chi connectivity index (χ2n) is 10.5. The van der Waals surface area contributed by atoms with Gasteiger partial charge in [0.2, 0.25) is 23.6 Å². The van der Waals surface area contributed by atoms with Gasteiger partial charge in [0.05, 0.1) is 0 Å². The van der Waals surface area contributed by atoms with Crippen molar-refractivity contribution in [2.75, 3.05) is 21.3 Å². The van der Waals surface area contributed by atoms with Gasteiger partial charge < -0.3 is 21.3 Å². The Morgan fingerprint density at radius 3 is 1.05 bits per heavy atom. The first kappa shape index (κ1) is 31.7. The molecule has 0 bridgehead atoms. The largest absolute Gasteiger partial charge is 0.326 e. The maximum Gasteiger partial charge on any atom is 0.224 e. The third-order valence-electron chi connectivity index (χ3n) is 6.88. The number of amides is 4. The zero-order valence-corrected chi connectivity index (χ0v) is 24.7. The minimum absolute atomic E-state index is 0.0917. The number of hydrogen-bond donors (Lipinski definition) is 4. The summed E-state index contributed by atoms with van der Waals surface area (Å²) < 4.78 is 0. The highest BCUT2D eigenvalue weighted by Crippen LogP contribution is 2.18. The molecule has 0 aliphatic rings. The summed E-state index contributed by atoms with van der Waals surface area (Å²) in [5.74, 6) is -0.501. The van der Waals surface area contributed by atoms with Crippen LogP contribution in [0.5, 0.6) is 0 Å². The van der Waals surface area contributed by atoms with E-state index < -0.39 is 0 Å². The summed E-state index contributed by atoms with van der Waals surface area (Å²) in [7, 11) is 0. The van der Waals surface area contributed by atoms with Gasteiger partial charge in [0.25, 0.3) is 0 Å². The molecule has 8 heteroatoms. The molecule has 4 aromatic carbocycles. The molecular formula is C36H38N4O4. The molecule has 0 aromatic heterocycles. The minimum Gasteiger partial charge on any atom is -0.326 e. The fraction of sp³-hybridized carbons (Fsp3) is 0.222. The topological polar surface area (TPSA) is 116 Å². The van der Waals surface area contributed by atoms with E-state index in [9.17, 15) is 19.2 Å². The molecule has 0 heterocycles. The van der Waals surface area contributed by atoms with Crippen molar-refractivity contribution in [1.82, 2.24) is 0 Å². The van der Waals surface area contributed by atoms with Gasteiger partial charge in [-0.15, -0.1) is 0 Å². The molecule has 8 nitrogen and oxygen atoms in total. The molecule has 0 aliphatic heterocycles. The van der Waals surface area contributed by atoms with E-state index >= 15 is 0 Å². The molecule has 0 saturated carbocycles. The van der Waals surface area contributed by atoms with Crippen molar-refractivity contribution in [3.63, 3.8) is 0 Å².